The number of imidazole rings is 1. The maximum absolute atomic E-state index is 9.99. The van der Waals surface area contributed by atoms with Gasteiger partial charge in [-0.1, -0.05) is 17.7 Å². The molecule has 1 aliphatic heterocycles. The smallest absolute Gasteiger partial charge is 0.227 e. The zero-order valence-corrected chi connectivity index (χ0v) is 17.7. The van der Waals surface area contributed by atoms with Crippen molar-refractivity contribution < 1.29 is 10.2 Å². The van der Waals surface area contributed by atoms with Gasteiger partial charge in [0.2, 0.25) is 5.95 Å². The predicted molar refractivity (Wildman–Crippen MR) is 121 cm³/mol. The van der Waals surface area contributed by atoms with Gasteiger partial charge in [0.1, 0.15) is 28.4 Å². The summed E-state index contributed by atoms with van der Waals surface area (Å²) in [5, 5.41) is 19.7. The van der Waals surface area contributed by atoms with Gasteiger partial charge in [-0.05, 0) is 43.3 Å². The van der Waals surface area contributed by atoms with E-state index in [2.05, 4.69) is 19.8 Å². The van der Waals surface area contributed by atoms with Crippen LogP contribution in [0.2, 0.25) is 5.02 Å². The van der Waals surface area contributed by atoms with E-state index in [1.54, 1.807) is 35.2 Å². The number of nitrogens with zero attached hydrogens (tertiary/aromatic N) is 6. The van der Waals surface area contributed by atoms with Crippen LogP contribution in [0.4, 0.5) is 11.6 Å². The van der Waals surface area contributed by atoms with Crippen molar-refractivity contribution in [3.05, 3.63) is 59.5 Å². The van der Waals surface area contributed by atoms with Crippen LogP contribution < -0.4 is 9.80 Å². The van der Waals surface area contributed by atoms with Crippen LogP contribution in [0.3, 0.4) is 0 Å². The fraction of sp³-hybridized carbons (Fsp3) is 0.227. The van der Waals surface area contributed by atoms with Gasteiger partial charge in [0.25, 0.3) is 0 Å². The van der Waals surface area contributed by atoms with Gasteiger partial charge in [-0.3, -0.25) is 4.57 Å². The second-order valence-electron chi connectivity index (χ2n) is 7.50. The molecule has 0 aliphatic carbocycles. The molecule has 0 spiro atoms. The molecular weight excluding hydrogens is 416 g/mol. The number of benzene rings is 2. The largest absolute Gasteiger partial charge is 0.508 e. The summed E-state index contributed by atoms with van der Waals surface area (Å²) in [6.45, 7) is 5.10. The number of anilines is 2. The zero-order chi connectivity index (χ0) is 21.5. The number of aryl methyl sites for hydroxylation is 1. The maximum atomic E-state index is 9.99. The lowest BCUT2D eigenvalue weighted by Crippen LogP contribution is -2.47. The standard InChI is InChI=1S/C22H21ClN6O2/c1-14-20-21(29(13-24-20)17-3-2-4-18(31)19(17)23)26-22(25-14)28-11-9-27(10-12-28)15-5-7-16(30)8-6-15/h2-8,13,30-31H,9-12H2,1H3. The van der Waals surface area contributed by atoms with Crippen LogP contribution in [0.5, 0.6) is 11.5 Å². The van der Waals surface area contributed by atoms with Crippen molar-refractivity contribution in [3.63, 3.8) is 0 Å². The van der Waals surface area contributed by atoms with Gasteiger partial charge < -0.3 is 20.0 Å². The lowest BCUT2D eigenvalue weighted by atomic mass is 10.2. The molecule has 2 N–H and O–H groups in total. The quantitative estimate of drug-likeness (QED) is 0.507. The van der Waals surface area contributed by atoms with Gasteiger partial charge in [0, 0.05) is 31.9 Å². The van der Waals surface area contributed by atoms with E-state index in [9.17, 15) is 10.2 Å². The van der Waals surface area contributed by atoms with E-state index in [1.165, 1.54) is 0 Å². The van der Waals surface area contributed by atoms with Crippen LogP contribution in [0.15, 0.2) is 48.8 Å². The summed E-state index contributed by atoms with van der Waals surface area (Å²) in [4.78, 5) is 18.4. The van der Waals surface area contributed by atoms with Crippen LogP contribution in [0, 0.1) is 6.92 Å². The predicted octanol–water partition coefficient (Wildman–Crippen LogP) is 3.52. The van der Waals surface area contributed by atoms with Gasteiger partial charge >= 0.3 is 0 Å². The normalized spacial score (nSPS) is 14.4. The Labute approximate surface area is 184 Å². The van der Waals surface area contributed by atoms with Gasteiger partial charge in [-0.25, -0.2) is 9.97 Å². The van der Waals surface area contributed by atoms with Crippen molar-refractivity contribution in [2.45, 2.75) is 6.92 Å². The van der Waals surface area contributed by atoms with E-state index in [0.717, 1.165) is 37.6 Å². The minimum Gasteiger partial charge on any atom is -0.508 e. The number of aromatic hydroxyl groups is 2. The Kier molecular flexibility index (Phi) is 4.78. The number of halogens is 1. The summed E-state index contributed by atoms with van der Waals surface area (Å²) < 4.78 is 1.78. The van der Waals surface area contributed by atoms with E-state index in [1.807, 2.05) is 25.1 Å². The number of phenolic OH excluding ortho intramolecular Hbond substituents is 2. The molecule has 31 heavy (non-hydrogen) atoms. The Hall–Kier alpha value is -3.52. The number of hydrogen-bond donors (Lipinski definition) is 2. The average molecular weight is 437 g/mol. The average Bonchev–Trinajstić information content (AvgIpc) is 3.21. The fourth-order valence-corrected chi connectivity index (χ4v) is 4.08. The fourth-order valence-electron chi connectivity index (χ4n) is 3.87. The summed E-state index contributed by atoms with van der Waals surface area (Å²) >= 11 is 6.32. The van der Waals surface area contributed by atoms with E-state index < -0.39 is 0 Å². The second kappa shape index (κ2) is 7.63. The van der Waals surface area contributed by atoms with Gasteiger partial charge in [0.05, 0.1) is 11.4 Å². The Morgan fingerprint density at radius 1 is 0.903 bits per heavy atom. The molecule has 5 rings (SSSR count). The van der Waals surface area contributed by atoms with E-state index in [4.69, 9.17) is 16.6 Å². The second-order valence-corrected chi connectivity index (χ2v) is 7.87. The summed E-state index contributed by atoms with van der Waals surface area (Å²) in [7, 11) is 0. The molecule has 1 aliphatic rings. The summed E-state index contributed by atoms with van der Waals surface area (Å²) in [5.74, 6) is 0.925. The Morgan fingerprint density at radius 2 is 1.61 bits per heavy atom. The van der Waals surface area contributed by atoms with Crippen molar-refractivity contribution in [2.75, 3.05) is 36.0 Å². The van der Waals surface area contributed by atoms with Crippen LogP contribution >= 0.6 is 11.6 Å². The third-order valence-electron chi connectivity index (χ3n) is 5.55. The Morgan fingerprint density at radius 3 is 2.35 bits per heavy atom. The highest BCUT2D eigenvalue weighted by molar-refractivity contribution is 6.33. The van der Waals surface area contributed by atoms with Crippen molar-refractivity contribution in [1.82, 2.24) is 19.5 Å². The third-order valence-corrected chi connectivity index (χ3v) is 5.94. The lowest BCUT2D eigenvalue weighted by Gasteiger charge is -2.36. The summed E-state index contributed by atoms with van der Waals surface area (Å²) in [6, 6.07) is 12.4. The first-order chi connectivity index (χ1) is 15.0. The van der Waals surface area contributed by atoms with Crippen LogP contribution in [0.25, 0.3) is 16.9 Å². The number of rotatable bonds is 3. The lowest BCUT2D eigenvalue weighted by molar-refractivity contribution is 0.474. The SMILES string of the molecule is Cc1nc(N2CCN(c3ccc(O)cc3)CC2)nc2c1ncn2-c1cccc(O)c1Cl. The molecule has 0 bridgehead atoms. The molecule has 8 nitrogen and oxygen atoms in total. The number of piperazine rings is 1. The third kappa shape index (κ3) is 3.48. The molecule has 1 saturated heterocycles. The molecule has 4 aromatic rings. The summed E-state index contributed by atoms with van der Waals surface area (Å²) in [5.41, 5.74) is 3.84. The highest BCUT2D eigenvalue weighted by Crippen LogP contribution is 2.32. The molecule has 2 aromatic carbocycles. The van der Waals surface area contributed by atoms with E-state index >= 15 is 0 Å². The minimum atomic E-state index is 0.0115. The molecule has 0 atom stereocenters. The molecule has 158 valence electrons. The molecular formula is C22H21ClN6O2. The number of aromatic nitrogens is 4. The molecule has 3 heterocycles. The minimum absolute atomic E-state index is 0.0115. The Balaban J connectivity index is 1.45. The Bertz CT molecular complexity index is 1250. The number of phenols is 2. The van der Waals surface area contributed by atoms with Crippen molar-refractivity contribution >= 4 is 34.4 Å². The molecule has 0 saturated carbocycles. The zero-order valence-electron chi connectivity index (χ0n) is 16.9. The first kappa shape index (κ1) is 19.4. The van der Waals surface area contributed by atoms with E-state index in [0.29, 0.717) is 22.8 Å². The van der Waals surface area contributed by atoms with Gasteiger partial charge in [-0.2, -0.15) is 4.98 Å². The van der Waals surface area contributed by atoms with Crippen LogP contribution in [0.1, 0.15) is 5.69 Å². The molecule has 0 unspecified atom stereocenters. The number of hydrogen-bond acceptors (Lipinski definition) is 7. The first-order valence-electron chi connectivity index (χ1n) is 10.00. The van der Waals surface area contributed by atoms with E-state index in [-0.39, 0.29) is 16.5 Å². The molecule has 0 radical (unpaired) electrons. The first-order valence-corrected chi connectivity index (χ1v) is 10.4. The van der Waals surface area contributed by atoms with Crippen molar-refractivity contribution in [2.24, 2.45) is 0 Å². The maximum Gasteiger partial charge on any atom is 0.227 e. The molecule has 9 heteroatoms. The van der Waals surface area contributed by atoms with Gasteiger partial charge in [-0.15, -0.1) is 0 Å². The summed E-state index contributed by atoms with van der Waals surface area (Å²) in [6.07, 6.45) is 1.65. The van der Waals surface area contributed by atoms with Gasteiger partial charge in [0.15, 0.2) is 5.65 Å². The van der Waals surface area contributed by atoms with Crippen molar-refractivity contribution in [3.8, 4) is 17.2 Å². The van der Waals surface area contributed by atoms with Crippen LogP contribution in [-0.2, 0) is 0 Å². The monoisotopic (exact) mass is 436 g/mol. The number of fused-ring (bicyclic) bond motifs is 1. The highest BCUT2D eigenvalue weighted by atomic mass is 35.5. The van der Waals surface area contributed by atoms with Crippen molar-refractivity contribution in [1.29, 1.82) is 0 Å². The van der Waals surface area contributed by atoms with Crippen LogP contribution in [-0.4, -0.2) is 55.9 Å². The highest BCUT2D eigenvalue weighted by Gasteiger charge is 2.22. The topological polar surface area (TPSA) is 90.5 Å². The molecule has 2 aromatic heterocycles. The molecule has 1 fully saturated rings. The molecule has 0 amide bonds.